The molecular formula is C11H10N4O2S. The van der Waals surface area contributed by atoms with E-state index < -0.39 is 4.92 Å². The smallest absolute Gasteiger partial charge is 0.270 e. The van der Waals surface area contributed by atoms with Gasteiger partial charge in [-0.05, 0) is 12.5 Å². The fraction of sp³-hybridized carbons (Fsp3) is 0.273. The summed E-state index contributed by atoms with van der Waals surface area (Å²) in [5, 5.41) is 19.1. The van der Waals surface area contributed by atoms with Crippen molar-refractivity contribution in [2.24, 2.45) is 4.99 Å². The van der Waals surface area contributed by atoms with E-state index in [0.717, 1.165) is 35.8 Å². The van der Waals surface area contributed by atoms with Crippen LogP contribution in [-0.2, 0) is 0 Å². The molecule has 1 aromatic carbocycles. The van der Waals surface area contributed by atoms with Crippen LogP contribution in [0.25, 0.3) is 0 Å². The molecule has 18 heavy (non-hydrogen) atoms. The Balaban J connectivity index is 2.12. The number of hydrogen-bond acceptors (Lipinski definition) is 5. The van der Waals surface area contributed by atoms with Crippen molar-refractivity contribution in [3.05, 3.63) is 33.9 Å². The standard InChI is InChI=1S/C11H10N4O2S/c12-11-14-5-1-4-13-10(14)8-3-2-7(15(16)17)6-9(8)18-11/h2-3,6,12H,1,4-5H2. The SMILES string of the molecule is N=C1Sc2cc([N+](=O)[O-])ccc2C2=NCCCN12. The van der Waals surface area contributed by atoms with Crippen LogP contribution < -0.4 is 0 Å². The van der Waals surface area contributed by atoms with Gasteiger partial charge in [-0.25, -0.2) is 0 Å². The lowest BCUT2D eigenvalue weighted by molar-refractivity contribution is -0.385. The summed E-state index contributed by atoms with van der Waals surface area (Å²) in [6, 6.07) is 4.73. The van der Waals surface area contributed by atoms with Crippen molar-refractivity contribution < 1.29 is 4.92 Å². The third kappa shape index (κ3) is 1.67. The van der Waals surface area contributed by atoms with Crippen LogP contribution in [0.15, 0.2) is 28.1 Å². The van der Waals surface area contributed by atoms with Gasteiger partial charge in [-0.3, -0.25) is 20.5 Å². The number of benzene rings is 1. The highest BCUT2D eigenvalue weighted by atomic mass is 32.2. The molecule has 0 saturated carbocycles. The molecule has 0 aliphatic carbocycles. The molecule has 2 aliphatic heterocycles. The van der Waals surface area contributed by atoms with E-state index in [9.17, 15) is 10.1 Å². The van der Waals surface area contributed by atoms with E-state index in [1.54, 1.807) is 6.07 Å². The number of thioether (sulfide) groups is 1. The summed E-state index contributed by atoms with van der Waals surface area (Å²) in [4.78, 5) is 17.4. The second-order valence-electron chi connectivity index (χ2n) is 4.06. The molecule has 0 fully saturated rings. The maximum atomic E-state index is 10.8. The van der Waals surface area contributed by atoms with Crippen LogP contribution in [0, 0.1) is 15.5 Å². The molecular weight excluding hydrogens is 252 g/mol. The Morgan fingerprint density at radius 1 is 1.50 bits per heavy atom. The number of fused-ring (bicyclic) bond motifs is 3. The molecule has 3 rings (SSSR count). The summed E-state index contributed by atoms with van der Waals surface area (Å²) in [6.07, 6.45) is 0.939. The molecule has 7 heteroatoms. The molecule has 0 saturated heterocycles. The quantitative estimate of drug-likeness (QED) is 0.620. The second-order valence-corrected chi connectivity index (χ2v) is 5.09. The highest BCUT2D eigenvalue weighted by Gasteiger charge is 2.30. The average Bonchev–Trinajstić information content (AvgIpc) is 2.38. The fourth-order valence-corrected chi connectivity index (χ4v) is 3.03. The van der Waals surface area contributed by atoms with Crippen molar-refractivity contribution in [1.82, 2.24) is 4.90 Å². The van der Waals surface area contributed by atoms with E-state index in [1.165, 1.54) is 23.9 Å². The minimum absolute atomic E-state index is 0.0545. The van der Waals surface area contributed by atoms with Crippen molar-refractivity contribution in [3.8, 4) is 0 Å². The number of non-ortho nitro benzene ring substituents is 1. The summed E-state index contributed by atoms with van der Waals surface area (Å²) >= 11 is 1.25. The zero-order valence-corrected chi connectivity index (χ0v) is 10.2. The Morgan fingerprint density at radius 2 is 2.33 bits per heavy atom. The number of nitro groups is 1. The molecule has 2 aliphatic rings. The van der Waals surface area contributed by atoms with Crippen molar-refractivity contribution in [1.29, 1.82) is 5.41 Å². The van der Waals surface area contributed by atoms with E-state index >= 15 is 0 Å². The predicted octanol–water partition coefficient (Wildman–Crippen LogP) is 2.09. The normalized spacial score (nSPS) is 17.9. The molecule has 0 radical (unpaired) electrons. The Labute approximate surface area is 107 Å². The zero-order chi connectivity index (χ0) is 12.7. The number of nitrogens with zero attached hydrogens (tertiary/aromatic N) is 3. The number of amidine groups is 2. The van der Waals surface area contributed by atoms with Gasteiger partial charge in [-0.15, -0.1) is 0 Å². The number of aliphatic imine (C=N–C) groups is 1. The van der Waals surface area contributed by atoms with E-state index in [0.29, 0.717) is 5.17 Å². The lowest BCUT2D eigenvalue weighted by Gasteiger charge is -2.33. The van der Waals surface area contributed by atoms with Crippen molar-refractivity contribution in [2.45, 2.75) is 11.3 Å². The first-order chi connectivity index (χ1) is 8.66. The fourth-order valence-electron chi connectivity index (χ4n) is 2.09. The van der Waals surface area contributed by atoms with Gasteiger partial charge in [0, 0.05) is 35.7 Å². The highest BCUT2D eigenvalue weighted by molar-refractivity contribution is 8.14. The van der Waals surface area contributed by atoms with Gasteiger partial charge in [-0.2, -0.15) is 0 Å². The van der Waals surface area contributed by atoms with Gasteiger partial charge < -0.3 is 4.90 Å². The van der Waals surface area contributed by atoms with Gasteiger partial charge in [0.15, 0.2) is 5.17 Å². The summed E-state index contributed by atoms with van der Waals surface area (Å²) in [6.45, 7) is 1.54. The third-order valence-corrected chi connectivity index (χ3v) is 3.90. The van der Waals surface area contributed by atoms with Crippen LogP contribution in [0.3, 0.4) is 0 Å². The Kier molecular flexibility index (Phi) is 2.55. The minimum atomic E-state index is -0.417. The lowest BCUT2D eigenvalue weighted by Crippen LogP contribution is -2.42. The maximum Gasteiger partial charge on any atom is 0.270 e. The van der Waals surface area contributed by atoms with Crippen LogP contribution in [-0.4, -0.2) is 33.9 Å². The maximum absolute atomic E-state index is 10.8. The van der Waals surface area contributed by atoms with E-state index in [1.807, 2.05) is 4.90 Å². The van der Waals surface area contributed by atoms with Gasteiger partial charge in [0.25, 0.3) is 5.69 Å². The Morgan fingerprint density at radius 3 is 3.11 bits per heavy atom. The molecule has 0 amide bonds. The Hall–Kier alpha value is -1.89. The number of hydrogen-bond donors (Lipinski definition) is 1. The number of nitro benzene ring substituents is 1. The van der Waals surface area contributed by atoms with Crippen LogP contribution in [0.4, 0.5) is 5.69 Å². The van der Waals surface area contributed by atoms with E-state index in [-0.39, 0.29) is 5.69 Å². The first kappa shape index (κ1) is 11.2. The topological polar surface area (TPSA) is 82.6 Å². The predicted molar refractivity (Wildman–Crippen MR) is 69.4 cm³/mol. The highest BCUT2D eigenvalue weighted by Crippen LogP contribution is 2.35. The van der Waals surface area contributed by atoms with Crippen LogP contribution in [0.1, 0.15) is 12.0 Å². The molecule has 0 unspecified atom stereocenters. The molecule has 0 aromatic heterocycles. The van der Waals surface area contributed by atoms with Gasteiger partial charge in [-0.1, -0.05) is 11.8 Å². The molecule has 0 bridgehead atoms. The lowest BCUT2D eigenvalue weighted by atomic mass is 10.1. The first-order valence-corrected chi connectivity index (χ1v) is 6.35. The molecule has 0 spiro atoms. The van der Waals surface area contributed by atoms with Crippen molar-refractivity contribution in [2.75, 3.05) is 13.1 Å². The molecule has 1 aromatic rings. The summed E-state index contributed by atoms with van der Waals surface area (Å²) in [5.74, 6) is 0.773. The summed E-state index contributed by atoms with van der Waals surface area (Å²) in [5.41, 5.74) is 0.945. The minimum Gasteiger partial charge on any atom is -0.305 e. The number of nitrogens with one attached hydrogen (secondary N) is 1. The molecule has 1 N–H and O–H groups in total. The second kappa shape index (κ2) is 4.09. The van der Waals surface area contributed by atoms with Gasteiger partial charge >= 0.3 is 0 Å². The molecule has 0 atom stereocenters. The van der Waals surface area contributed by atoms with Crippen molar-refractivity contribution in [3.63, 3.8) is 0 Å². The largest absolute Gasteiger partial charge is 0.305 e. The van der Waals surface area contributed by atoms with Crippen molar-refractivity contribution >= 4 is 28.5 Å². The molecule has 2 heterocycles. The van der Waals surface area contributed by atoms with Crippen LogP contribution in [0.2, 0.25) is 0 Å². The molecule has 6 nitrogen and oxygen atoms in total. The van der Waals surface area contributed by atoms with Gasteiger partial charge in [0.2, 0.25) is 0 Å². The monoisotopic (exact) mass is 262 g/mol. The summed E-state index contributed by atoms with van der Waals surface area (Å²) < 4.78 is 0. The van der Waals surface area contributed by atoms with Gasteiger partial charge in [0.05, 0.1) is 4.92 Å². The molecule has 92 valence electrons. The third-order valence-electron chi connectivity index (χ3n) is 2.93. The van der Waals surface area contributed by atoms with Crippen LogP contribution in [0.5, 0.6) is 0 Å². The average molecular weight is 262 g/mol. The van der Waals surface area contributed by atoms with E-state index in [4.69, 9.17) is 5.41 Å². The first-order valence-electron chi connectivity index (χ1n) is 5.54. The summed E-state index contributed by atoms with van der Waals surface area (Å²) in [7, 11) is 0. The van der Waals surface area contributed by atoms with E-state index in [2.05, 4.69) is 4.99 Å². The Bertz CT molecular complexity index is 584. The van der Waals surface area contributed by atoms with Gasteiger partial charge in [0.1, 0.15) is 5.84 Å². The zero-order valence-electron chi connectivity index (χ0n) is 9.42. The number of rotatable bonds is 1. The van der Waals surface area contributed by atoms with Crippen LogP contribution >= 0.6 is 11.8 Å².